The summed E-state index contributed by atoms with van der Waals surface area (Å²) < 4.78 is 0. The van der Waals surface area contributed by atoms with Gasteiger partial charge in [0.2, 0.25) is 0 Å². The van der Waals surface area contributed by atoms with E-state index in [9.17, 15) is 0 Å². The molecule has 1 aliphatic rings. The topological polar surface area (TPSA) is 41.1 Å². The highest BCUT2D eigenvalue weighted by Gasteiger charge is 2.24. The van der Waals surface area contributed by atoms with E-state index in [1.807, 2.05) is 0 Å². The number of anilines is 2. The van der Waals surface area contributed by atoms with Crippen molar-refractivity contribution in [3.05, 3.63) is 11.9 Å². The van der Waals surface area contributed by atoms with Gasteiger partial charge < -0.3 is 10.2 Å². The molecule has 0 bridgehead atoms. The average Bonchev–Trinajstić information content (AvgIpc) is 2.41. The first-order valence-electron chi connectivity index (χ1n) is 7.41. The van der Waals surface area contributed by atoms with Crippen molar-refractivity contribution in [3.63, 3.8) is 0 Å². The highest BCUT2D eigenvalue weighted by molar-refractivity contribution is 5.57. The lowest BCUT2D eigenvalue weighted by atomic mass is 9.86. The van der Waals surface area contributed by atoms with Gasteiger partial charge in [0.25, 0.3) is 0 Å². The van der Waals surface area contributed by atoms with E-state index in [4.69, 9.17) is 0 Å². The van der Waals surface area contributed by atoms with Crippen LogP contribution in [0.3, 0.4) is 0 Å². The lowest BCUT2D eigenvalue weighted by molar-refractivity contribution is 0.339. The van der Waals surface area contributed by atoms with Gasteiger partial charge in [0.15, 0.2) is 0 Å². The zero-order chi connectivity index (χ0) is 13.8. The summed E-state index contributed by atoms with van der Waals surface area (Å²) in [6.07, 6.45) is 6.88. The van der Waals surface area contributed by atoms with Gasteiger partial charge in [-0.3, -0.25) is 0 Å². The smallest absolute Gasteiger partial charge is 0.137 e. The summed E-state index contributed by atoms with van der Waals surface area (Å²) in [7, 11) is 2.17. The van der Waals surface area contributed by atoms with Crippen LogP contribution in [0.25, 0.3) is 0 Å². The fraction of sp³-hybridized carbons (Fsp3) is 0.733. The minimum absolute atomic E-state index is 0.624. The van der Waals surface area contributed by atoms with Gasteiger partial charge >= 0.3 is 0 Å². The third-order valence-electron chi connectivity index (χ3n) is 4.27. The van der Waals surface area contributed by atoms with Crippen LogP contribution in [0.1, 0.15) is 45.1 Å². The van der Waals surface area contributed by atoms with Gasteiger partial charge in [0.1, 0.15) is 18.0 Å². The van der Waals surface area contributed by atoms with Crippen LogP contribution in [0.2, 0.25) is 0 Å². The summed E-state index contributed by atoms with van der Waals surface area (Å²) in [6.45, 7) is 7.44. The summed E-state index contributed by atoms with van der Waals surface area (Å²) in [6, 6.07) is 0.624. The Morgan fingerprint density at radius 1 is 1.26 bits per heavy atom. The maximum absolute atomic E-state index is 4.49. The van der Waals surface area contributed by atoms with E-state index in [2.05, 4.69) is 48.0 Å². The second kappa shape index (κ2) is 6.22. The molecule has 4 heteroatoms. The molecular weight excluding hydrogens is 236 g/mol. The molecule has 1 fully saturated rings. The molecule has 1 aromatic rings. The van der Waals surface area contributed by atoms with Gasteiger partial charge in [-0.1, -0.05) is 6.92 Å². The Morgan fingerprint density at radius 3 is 2.58 bits per heavy atom. The van der Waals surface area contributed by atoms with Crippen molar-refractivity contribution in [2.45, 2.75) is 52.5 Å². The quantitative estimate of drug-likeness (QED) is 0.904. The van der Waals surface area contributed by atoms with E-state index in [-0.39, 0.29) is 0 Å². The zero-order valence-corrected chi connectivity index (χ0v) is 12.6. The average molecular weight is 262 g/mol. The fourth-order valence-electron chi connectivity index (χ4n) is 2.94. The summed E-state index contributed by atoms with van der Waals surface area (Å²) >= 11 is 0. The first-order chi connectivity index (χ1) is 9.13. The highest BCUT2D eigenvalue weighted by atomic mass is 15.2. The van der Waals surface area contributed by atoms with E-state index in [0.29, 0.717) is 6.04 Å². The zero-order valence-electron chi connectivity index (χ0n) is 12.6. The molecule has 106 valence electrons. The molecule has 0 unspecified atom stereocenters. The van der Waals surface area contributed by atoms with Gasteiger partial charge in [0.05, 0.1) is 0 Å². The predicted octanol–water partition coefficient (Wildman–Crippen LogP) is 3.23. The van der Waals surface area contributed by atoms with Crippen molar-refractivity contribution in [1.82, 2.24) is 9.97 Å². The van der Waals surface area contributed by atoms with Crippen molar-refractivity contribution < 1.29 is 0 Å². The van der Waals surface area contributed by atoms with Gasteiger partial charge in [-0.05, 0) is 45.4 Å². The summed E-state index contributed by atoms with van der Waals surface area (Å²) in [5.74, 6) is 2.92. The molecule has 4 nitrogen and oxygen atoms in total. The molecule has 19 heavy (non-hydrogen) atoms. The number of nitrogens with zero attached hydrogens (tertiary/aromatic N) is 3. The SMILES string of the molecule is CCNc1ncnc(N(C)C2CCC(C)CC2)c1C. The van der Waals surface area contributed by atoms with Crippen LogP contribution in [0.4, 0.5) is 11.6 Å². The van der Waals surface area contributed by atoms with Crippen LogP contribution in [0, 0.1) is 12.8 Å². The highest BCUT2D eigenvalue weighted by Crippen LogP contribution is 2.30. The number of aromatic nitrogens is 2. The monoisotopic (exact) mass is 262 g/mol. The Bertz CT molecular complexity index is 411. The standard InChI is InChI=1S/C15H26N4/c1-5-16-14-12(3)15(18-10-17-14)19(4)13-8-6-11(2)7-9-13/h10-11,13H,5-9H2,1-4H3,(H,16,17,18). The molecule has 2 rings (SSSR count). The molecule has 1 saturated carbocycles. The second-order valence-corrected chi connectivity index (χ2v) is 5.73. The predicted molar refractivity (Wildman–Crippen MR) is 80.8 cm³/mol. The lowest BCUT2D eigenvalue weighted by Crippen LogP contribution is -2.36. The Kier molecular flexibility index (Phi) is 4.61. The van der Waals surface area contributed by atoms with Crippen LogP contribution < -0.4 is 10.2 Å². The number of nitrogens with one attached hydrogen (secondary N) is 1. The molecule has 0 spiro atoms. The van der Waals surface area contributed by atoms with Crippen LogP contribution in [-0.4, -0.2) is 29.6 Å². The van der Waals surface area contributed by atoms with E-state index in [1.54, 1.807) is 6.33 Å². The molecule has 0 aromatic carbocycles. The first kappa shape index (κ1) is 14.1. The summed E-state index contributed by atoms with van der Waals surface area (Å²) in [5, 5.41) is 3.30. The molecule has 0 amide bonds. The maximum Gasteiger partial charge on any atom is 0.137 e. The van der Waals surface area contributed by atoms with Crippen LogP contribution >= 0.6 is 0 Å². The van der Waals surface area contributed by atoms with Crippen molar-refractivity contribution >= 4 is 11.6 Å². The minimum Gasteiger partial charge on any atom is -0.370 e. The van der Waals surface area contributed by atoms with E-state index >= 15 is 0 Å². The maximum atomic E-state index is 4.49. The van der Waals surface area contributed by atoms with Crippen LogP contribution in [0.5, 0.6) is 0 Å². The van der Waals surface area contributed by atoms with Crippen molar-refractivity contribution in [2.24, 2.45) is 5.92 Å². The van der Waals surface area contributed by atoms with Crippen molar-refractivity contribution in [3.8, 4) is 0 Å². The minimum atomic E-state index is 0.624. The van der Waals surface area contributed by atoms with E-state index < -0.39 is 0 Å². The van der Waals surface area contributed by atoms with Gasteiger partial charge in [-0.15, -0.1) is 0 Å². The summed E-state index contributed by atoms with van der Waals surface area (Å²) in [4.78, 5) is 11.2. The number of hydrogen-bond donors (Lipinski definition) is 1. The molecule has 1 heterocycles. The van der Waals surface area contributed by atoms with Gasteiger partial charge in [0, 0.05) is 25.2 Å². The Labute approximate surface area is 116 Å². The fourth-order valence-corrected chi connectivity index (χ4v) is 2.94. The molecule has 1 aliphatic carbocycles. The largest absolute Gasteiger partial charge is 0.370 e. The molecule has 1 N–H and O–H groups in total. The Hall–Kier alpha value is -1.32. The number of hydrogen-bond acceptors (Lipinski definition) is 4. The van der Waals surface area contributed by atoms with E-state index in [1.165, 1.54) is 25.7 Å². The lowest BCUT2D eigenvalue weighted by Gasteiger charge is -2.35. The normalized spacial score (nSPS) is 23.2. The molecule has 0 saturated heterocycles. The summed E-state index contributed by atoms with van der Waals surface area (Å²) in [5.41, 5.74) is 1.16. The van der Waals surface area contributed by atoms with E-state index in [0.717, 1.165) is 29.7 Å². The molecular formula is C15H26N4. The third kappa shape index (κ3) is 3.17. The van der Waals surface area contributed by atoms with Crippen LogP contribution in [-0.2, 0) is 0 Å². The van der Waals surface area contributed by atoms with Crippen LogP contribution in [0.15, 0.2) is 6.33 Å². The molecule has 1 aromatic heterocycles. The molecule has 0 aliphatic heterocycles. The first-order valence-corrected chi connectivity index (χ1v) is 7.41. The third-order valence-corrected chi connectivity index (χ3v) is 4.27. The van der Waals surface area contributed by atoms with Crippen molar-refractivity contribution in [1.29, 1.82) is 0 Å². The van der Waals surface area contributed by atoms with Gasteiger partial charge in [-0.2, -0.15) is 0 Å². The second-order valence-electron chi connectivity index (χ2n) is 5.73. The number of rotatable bonds is 4. The Balaban J connectivity index is 2.14. The van der Waals surface area contributed by atoms with Crippen molar-refractivity contribution in [2.75, 3.05) is 23.8 Å². The Morgan fingerprint density at radius 2 is 1.95 bits per heavy atom. The molecule has 0 radical (unpaired) electrons. The van der Waals surface area contributed by atoms with Gasteiger partial charge in [-0.25, -0.2) is 9.97 Å². The molecule has 0 atom stereocenters.